The molecule has 0 saturated heterocycles. The summed E-state index contributed by atoms with van der Waals surface area (Å²) in [4.78, 5) is 19.8. The molecule has 0 spiro atoms. The number of nitrogens with zero attached hydrogens (tertiary/aromatic N) is 3. The summed E-state index contributed by atoms with van der Waals surface area (Å²) in [5.74, 6) is 0.144. The van der Waals surface area contributed by atoms with E-state index in [-0.39, 0.29) is 17.4 Å². The SMILES string of the molecule is CC1(F)CCC(n2ncc3c(=O)[nH]c(Cc4ccc(F)cc4Br)nc32)CC1. The van der Waals surface area contributed by atoms with Gasteiger partial charge in [-0.1, -0.05) is 22.0 Å². The van der Waals surface area contributed by atoms with Crippen molar-refractivity contribution in [3.63, 3.8) is 0 Å². The average Bonchev–Trinajstić information content (AvgIpc) is 3.02. The third-order valence-corrected chi connectivity index (χ3v) is 5.97. The summed E-state index contributed by atoms with van der Waals surface area (Å²) in [5.41, 5.74) is -0.0643. The van der Waals surface area contributed by atoms with E-state index in [2.05, 4.69) is 31.0 Å². The lowest BCUT2D eigenvalue weighted by molar-refractivity contribution is 0.103. The maximum absolute atomic E-state index is 14.1. The van der Waals surface area contributed by atoms with E-state index in [1.54, 1.807) is 17.7 Å². The summed E-state index contributed by atoms with van der Waals surface area (Å²) in [5, 5.41) is 4.78. The van der Waals surface area contributed by atoms with Gasteiger partial charge in [-0.3, -0.25) is 4.79 Å². The molecule has 2 aromatic heterocycles. The van der Waals surface area contributed by atoms with Gasteiger partial charge in [-0.05, 0) is 50.3 Å². The highest BCUT2D eigenvalue weighted by atomic mass is 79.9. The molecule has 4 rings (SSSR count). The number of fused-ring (bicyclic) bond motifs is 1. The zero-order valence-electron chi connectivity index (χ0n) is 14.8. The highest BCUT2D eigenvalue weighted by Crippen LogP contribution is 2.37. The molecule has 142 valence electrons. The van der Waals surface area contributed by atoms with E-state index in [1.165, 1.54) is 18.3 Å². The van der Waals surface area contributed by atoms with Crippen molar-refractivity contribution in [2.45, 2.75) is 50.7 Å². The molecule has 3 aromatic rings. The van der Waals surface area contributed by atoms with Crippen molar-refractivity contribution in [1.82, 2.24) is 19.7 Å². The predicted octanol–water partition coefficient (Wildman–Crippen LogP) is 4.46. The summed E-state index contributed by atoms with van der Waals surface area (Å²) in [7, 11) is 0. The number of aromatic nitrogens is 4. The number of nitrogens with one attached hydrogen (secondary N) is 1. The number of aromatic amines is 1. The van der Waals surface area contributed by atoms with Crippen molar-refractivity contribution >= 4 is 27.0 Å². The van der Waals surface area contributed by atoms with Gasteiger partial charge in [0.15, 0.2) is 5.65 Å². The standard InChI is InChI=1S/C19H19BrF2N4O/c1-19(22)6-4-13(5-7-19)26-17-14(10-23-26)18(27)25-16(24-17)8-11-2-3-12(21)9-15(11)20/h2-3,9-10,13H,4-8H2,1H3,(H,24,25,27). The second-order valence-electron chi connectivity index (χ2n) is 7.40. The molecule has 1 aliphatic carbocycles. The van der Waals surface area contributed by atoms with E-state index in [1.807, 2.05) is 0 Å². The van der Waals surface area contributed by atoms with E-state index in [0.717, 1.165) is 5.56 Å². The van der Waals surface area contributed by atoms with Gasteiger partial charge in [0.05, 0.1) is 12.2 Å². The average molecular weight is 437 g/mol. The topological polar surface area (TPSA) is 63.6 Å². The molecule has 1 fully saturated rings. The van der Waals surface area contributed by atoms with Crippen LogP contribution in [-0.4, -0.2) is 25.4 Å². The van der Waals surface area contributed by atoms with Crippen LogP contribution in [0, 0.1) is 5.82 Å². The predicted molar refractivity (Wildman–Crippen MR) is 102 cm³/mol. The molecule has 0 radical (unpaired) electrons. The van der Waals surface area contributed by atoms with Gasteiger partial charge in [0.2, 0.25) is 0 Å². The van der Waals surface area contributed by atoms with Gasteiger partial charge in [0.25, 0.3) is 5.56 Å². The van der Waals surface area contributed by atoms with Gasteiger partial charge in [0, 0.05) is 10.9 Å². The molecule has 1 aliphatic rings. The molecule has 1 N–H and O–H groups in total. The Labute approximate surface area is 162 Å². The second-order valence-corrected chi connectivity index (χ2v) is 8.25. The first-order valence-electron chi connectivity index (χ1n) is 8.92. The van der Waals surface area contributed by atoms with Crippen LogP contribution in [-0.2, 0) is 6.42 Å². The Hall–Kier alpha value is -2.09. The fourth-order valence-corrected chi connectivity index (χ4v) is 4.12. The number of H-pyrrole nitrogens is 1. The van der Waals surface area contributed by atoms with Crippen molar-refractivity contribution in [3.05, 3.63) is 56.4 Å². The monoisotopic (exact) mass is 436 g/mol. The highest BCUT2D eigenvalue weighted by Gasteiger charge is 2.32. The first-order chi connectivity index (χ1) is 12.8. The largest absolute Gasteiger partial charge is 0.310 e. The quantitative estimate of drug-likeness (QED) is 0.659. The first-order valence-corrected chi connectivity index (χ1v) is 9.71. The second kappa shape index (κ2) is 6.82. The molecule has 1 saturated carbocycles. The van der Waals surface area contributed by atoms with Gasteiger partial charge in [-0.25, -0.2) is 18.4 Å². The van der Waals surface area contributed by atoms with Crippen LogP contribution in [0.4, 0.5) is 8.78 Å². The molecule has 0 amide bonds. The smallest absolute Gasteiger partial charge is 0.262 e. The van der Waals surface area contributed by atoms with Crippen LogP contribution in [0.15, 0.2) is 33.7 Å². The Balaban J connectivity index is 1.69. The number of rotatable bonds is 3. The molecule has 8 heteroatoms. The summed E-state index contributed by atoms with van der Waals surface area (Å²) in [6.07, 6.45) is 4.13. The van der Waals surface area contributed by atoms with Crippen molar-refractivity contribution in [2.75, 3.05) is 0 Å². The van der Waals surface area contributed by atoms with Gasteiger partial charge in [0.1, 0.15) is 22.7 Å². The number of alkyl halides is 1. The molecule has 0 bridgehead atoms. The van der Waals surface area contributed by atoms with Crippen LogP contribution in [0.3, 0.4) is 0 Å². The summed E-state index contributed by atoms with van der Waals surface area (Å²) >= 11 is 3.34. The first kappa shape index (κ1) is 18.3. The van der Waals surface area contributed by atoms with Crippen LogP contribution in [0.25, 0.3) is 11.0 Å². The lowest BCUT2D eigenvalue weighted by Crippen LogP contribution is -2.28. The maximum Gasteiger partial charge on any atom is 0.262 e. The molecular formula is C19H19BrF2N4O. The summed E-state index contributed by atoms with van der Waals surface area (Å²) in [6, 6.07) is 4.44. The van der Waals surface area contributed by atoms with E-state index >= 15 is 0 Å². The molecule has 0 aliphatic heterocycles. The third-order valence-electron chi connectivity index (χ3n) is 5.23. The Morgan fingerprint density at radius 2 is 2.11 bits per heavy atom. The Kier molecular flexibility index (Phi) is 4.61. The van der Waals surface area contributed by atoms with Crippen molar-refractivity contribution in [3.8, 4) is 0 Å². The Bertz CT molecular complexity index is 1050. The Morgan fingerprint density at radius 3 is 2.81 bits per heavy atom. The number of halogens is 3. The molecule has 5 nitrogen and oxygen atoms in total. The fourth-order valence-electron chi connectivity index (χ4n) is 3.63. The van der Waals surface area contributed by atoms with Gasteiger partial charge in [-0.15, -0.1) is 0 Å². The van der Waals surface area contributed by atoms with Gasteiger partial charge in [-0.2, -0.15) is 5.10 Å². The van der Waals surface area contributed by atoms with Gasteiger partial charge >= 0.3 is 0 Å². The number of hydrogen-bond acceptors (Lipinski definition) is 3. The number of benzene rings is 1. The Morgan fingerprint density at radius 1 is 1.37 bits per heavy atom. The van der Waals surface area contributed by atoms with Crippen molar-refractivity contribution in [1.29, 1.82) is 0 Å². The van der Waals surface area contributed by atoms with E-state index in [9.17, 15) is 13.6 Å². The summed E-state index contributed by atoms with van der Waals surface area (Å²) in [6.45, 7) is 1.63. The van der Waals surface area contributed by atoms with Crippen LogP contribution in [0.2, 0.25) is 0 Å². The van der Waals surface area contributed by atoms with E-state index in [0.29, 0.717) is 53.4 Å². The van der Waals surface area contributed by atoms with Crippen LogP contribution in [0.1, 0.15) is 50.0 Å². The zero-order chi connectivity index (χ0) is 19.2. The molecule has 2 heterocycles. The van der Waals surface area contributed by atoms with E-state index in [4.69, 9.17) is 0 Å². The maximum atomic E-state index is 14.1. The molecule has 0 unspecified atom stereocenters. The third kappa shape index (κ3) is 3.67. The molecular weight excluding hydrogens is 418 g/mol. The minimum absolute atomic E-state index is 0.0334. The van der Waals surface area contributed by atoms with Gasteiger partial charge < -0.3 is 4.98 Å². The van der Waals surface area contributed by atoms with Crippen molar-refractivity contribution < 1.29 is 8.78 Å². The van der Waals surface area contributed by atoms with Crippen LogP contribution in [0.5, 0.6) is 0 Å². The molecule has 0 atom stereocenters. The lowest BCUT2D eigenvalue weighted by atomic mass is 9.85. The molecule has 27 heavy (non-hydrogen) atoms. The number of hydrogen-bond donors (Lipinski definition) is 1. The lowest BCUT2D eigenvalue weighted by Gasteiger charge is -2.31. The van der Waals surface area contributed by atoms with E-state index < -0.39 is 5.67 Å². The fraction of sp³-hybridized carbons (Fsp3) is 0.421. The summed E-state index contributed by atoms with van der Waals surface area (Å²) < 4.78 is 29.8. The highest BCUT2D eigenvalue weighted by molar-refractivity contribution is 9.10. The van der Waals surface area contributed by atoms with Crippen molar-refractivity contribution in [2.24, 2.45) is 0 Å². The van der Waals surface area contributed by atoms with Crippen LogP contribution >= 0.6 is 15.9 Å². The normalized spacial score (nSPS) is 23.0. The minimum Gasteiger partial charge on any atom is -0.310 e. The van der Waals surface area contributed by atoms with Crippen LogP contribution < -0.4 is 5.56 Å². The zero-order valence-corrected chi connectivity index (χ0v) is 16.4. The minimum atomic E-state index is -1.13. The molecule has 1 aromatic carbocycles.